The van der Waals surface area contributed by atoms with Gasteiger partial charge in [0, 0.05) is 17.7 Å². The first-order valence-corrected chi connectivity index (χ1v) is 9.21. The van der Waals surface area contributed by atoms with Crippen molar-refractivity contribution in [1.29, 1.82) is 0 Å². The van der Waals surface area contributed by atoms with Gasteiger partial charge in [0.2, 0.25) is 0 Å². The molecule has 1 amide bonds. The highest BCUT2D eigenvalue weighted by molar-refractivity contribution is 6.46. The predicted molar refractivity (Wildman–Crippen MR) is 108 cm³/mol. The Balaban J connectivity index is 1.87. The van der Waals surface area contributed by atoms with Gasteiger partial charge in [-0.05, 0) is 29.8 Å². The maximum atomic E-state index is 12.9. The Hall–Kier alpha value is -4.40. The second-order valence-electron chi connectivity index (χ2n) is 6.91. The summed E-state index contributed by atoms with van der Waals surface area (Å²) in [4.78, 5) is 37.5. The highest BCUT2D eigenvalue weighted by Crippen LogP contribution is 2.40. The Labute approximate surface area is 175 Å². The minimum Gasteiger partial charge on any atom is -0.508 e. The highest BCUT2D eigenvalue weighted by Gasteiger charge is 2.46. The summed E-state index contributed by atoms with van der Waals surface area (Å²) in [6.07, 6.45) is 1.44. The van der Waals surface area contributed by atoms with E-state index in [2.05, 4.69) is 0 Å². The second kappa shape index (κ2) is 7.79. The van der Waals surface area contributed by atoms with Crippen molar-refractivity contribution < 1.29 is 29.1 Å². The molecule has 0 aliphatic carbocycles. The van der Waals surface area contributed by atoms with Crippen molar-refractivity contribution in [3.63, 3.8) is 0 Å². The third kappa shape index (κ3) is 3.64. The summed E-state index contributed by atoms with van der Waals surface area (Å²) in [7, 11) is 0. The molecule has 1 aromatic heterocycles. The van der Waals surface area contributed by atoms with Gasteiger partial charge in [-0.15, -0.1) is 0 Å². The smallest absolute Gasteiger partial charge is 0.296 e. The fourth-order valence-corrected chi connectivity index (χ4v) is 3.54. The standard InChI is InChI=1S/C22H16N2O7/c25-16-8-6-13(7-9-16)19-18(20(26)14-3-1-4-15(11-14)24(29)30)21(27)22(28)23(19)12-17-5-2-10-31-17/h1-11,19,25-26H,12H2/b20-18+/t19-/m0/s1. The van der Waals surface area contributed by atoms with Crippen molar-refractivity contribution in [1.82, 2.24) is 4.90 Å². The van der Waals surface area contributed by atoms with Gasteiger partial charge >= 0.3 is 0 Å². The molecule has 4 rings (SSSR count). The van der Waals surface area contributed by atoms with E-state index < -0.39 is 28.4 Å². The second-order valence-corrected chi connectivity index (χ2v) is 6.91. The molecule has 3 aromatic rings. The number of furan rings is 1. The third-order valence-corrected chi connectivity index (χ3v) is 4.99. The number of rotatable bonds is 5. The van der Waals surface area contributed by atoms with Crippen LogP contribution in [0.2, 0.25) is 0 Å². The van der Waals surface area contributed by atoms with Crippen LogP contribution in [0.3, 0.4) is 0 Å². The van der Waals surface area contributed by atoms with Gasteiger partial charge in [0.15, 0.2) is 0 Å². The average Bonchev–Trinajstić information content (AvgIpc) is 3.36. The molecular formula is C22H16N2O7. The number of likely N-dealkylation sites (tertiary alicyclic amines) is 1. The number of hydrogen-bond acceptors (Lipinski definition) is 7. The molecule has 0 spiro atoms. The fraction of sp³-hybridized carbons (Fsp3) is 0.0909. The molecule has 1 aliphatic rings. The Bertz CT molecular complexity index is 1200. The molecule has 2 N–H and O–H groups in total. The van der Waals surface area contributed by atoms with Crippen molar-refractivity contribution in [2.24, 2.45) is 0 Å². The number of amides is 1. The number of nitro groups is 1. The molecule has 1 atom stereocenters. The van der Waals surface area contributed by atoms with E-state index in [9.17, 15) is 29.9 Å². The zero-order valence-electron chi connectivity index (χ0n) is 16.0. The van der Waals surface area contributed by atoms with Crippen LogP contribution in [0, 0.1) is 10.1 Å². The molecule has 1 saturated heterocycles. The monoisotopic (exact) mass is 420 g/mol. The first-order valence-electron chi connectivity index (χ1n) is 9.21. The molecule has 1 aliphatic heterocycles. The first kappa shape index (κ1) is 19.9. The van der Waals surface area contributed by atoms with Gasteiger partial charge in [0.25, 0.3) is 17.4 Å². The molecular weight excluding hydrogens is 404 g/mol. The number of carbonyl (C=O) groups excluding carboxylic acids is 2. The lowest BCUT2D eigenvalue weighted by Crippen LogP contribution is -2.29. The molecule has 31 heavy (non-hydrogen) atoms. The Morgan fingerprint density at radius 3 is 2.48 bits per heavy atom. The van der Waals surface area contributed by atoms with E-state index in [-0.39, 0.29) is 29.1 Å². The number of aliphatic hydroxyl groups excluding tert-OH is 1. The van der Waals surface area contributed by atoms with E-state index in [1.165, 1.54) is 53.6 Å². The van der Waals surface area contributed by atoms with Crippen LogP contribution in [0.5, 0.6) is 5.75 Å². The quantitative estimate of drug-likeness (QED) is 0.212. The maximum absolute atomic E-state index is 12.9. The molecule has 0 radical (unpaired) electrons. The SMILES string of the molecule is O=C1C(=O)N(Cc2ccco2)[C@@H](c2ccc(O)cc2)/C1=C(\O)c1cccc([N+](=O)[O-])c1. The van der Waals surface area contributed by atoms with Crippen molar-refractivity contribution in [3.05, 3.63) is 99.5 Å². The fourth-order valence-electron chi connectivity index (χ4n) is 3.54. The van der Waals surface area contributed by atoms with E-state index in [1.807, 2.05) is 0 Å². The van der Waals surface area contributed by atoms with E-state index >= 15 is 0 Å². The molecule has 2 heterocycles. The minimum atomic E-state index is -0.982. The van der Waals surface area contributed by atoms with Crippen molar-refractivity contribution in [2.75, 3.05) is 0 Å². The predicted octanol–water partition coefficient (Wildman–Crippen LogP) is 3.52. The summed E-state index contributed by atoms with van der Waals surface area (Å²) < 4.78 is 5.31. The number of Topliss-reactive ketones (excluding diaryl/α,β-unsaturated/α-hetero) is 1. The third-order valence-electron chi connectivity index (χ3n) is 4.99. The first-order chi connectivity index (χ1) is 14.9. The summed E-state index contributed by atoms with van der Waals surface area (Å²) in [5, 5.41) is 31.7. The number of aromatic hydroxyl groups is 1. The van der Waals surface area contributed by atoms with E-state index in [4.69, 9.17) is 4.42 Å². The van der Waals surface area contributed by atoms with Crippen LogP contribution in [0.25, 0.3) is 5.76 Å². The average molecular weight is 420 g/mol. The van der Waals surface area contributed by atoms with Crippen LogP contribution >= 0.6 is 0 Å². The summed E-state index contributed by atoms with van der Waals surface area (Å²) in [6.45, 7) is -0.0329. The molecule has 2 aromatic carbocycles. The number of ketones is 1. The van der Waals surface area contributed by atoms with Crippen molar-refractivity contribution in [2.45, 2.75) is 12.6 Å². The zero-order chi connectivity index (χ0) is 22.1. The van der Waals surface area contributed by atoms with Crippen LogP contribution in [-0.4, -0.2) is 31.7 Å². The van der Waals surface area contributed by atoms with Gasteiger partial charge in [-0.1, -0.05) is 24.3 Å². The van der Waals surface area contributed by atoms with Crippen LogP contribution in [0.4, 0.5) is 5.69 Å². The summed E-state index contributed by atoms with van der Waals surface area (Å²) in [5.41, 5.74) is 0.0299. The Kier molecular flexibility index (Phi) is 5.00. The van der Waals surface area contributed by atoms with Gasteiger partial charge in [0.1, 0.15) is 17.3 Å². The van der Waals surface area contributed by atoms with Crippen LogP contribution in [0.15, 0.2) is 76.9 Å². The van der Waals surface area contributed by atoms with Crippen molar-refractivity contribution >= 4 is 23.1 Å². The number of nitro benzene ring substituents is 1. The summed E-state index contributed by atoms with van der Waals surface area (Å²) in [6, 6.07) is 13.3. The van der Waals surface area contributed by atoms with Crippen LogP contribution < -0.4 is 0 Å². The van der Waals surface area contributed by atoms with E-state index in [0.29, 0.717) is 11.3 Å². The van der Waals surface area contributed by atoms with Gasteiger partial charge in [-0.3, -0.25) is 19.7 Å². The maximum Gasteiger partial charge on any atom is 0.296 e. The molecule has 0 unspecified atom stereocenters. The number of carbonyl (C=O) groups is 2. The van der Waals surface area contributed by atoms with E-state index in [1.54, 1.807) is 12.1 Å². The van der Waals surface area contributed by atoms with Gasteiger partial charge in [-0.25, -0.2) is 0 Å². The molecule has 156 valence electrons. The normalized spacial score (nSPS) is 17.8. The molecule has 0 saturated carbocycles. The Morgan fingerprint density at radius 1 is 1.10 bits per heavy atom. The van der Waals surface area contributed by atoms with Crippen molar-refractivity contribution in [3.8, 4) is 5.75 Å². The molecule has 9 nitrogen and oxygen atoms in total. The van der Waals surface area contributed by atoms with Crippen LogP contribution in [0.1, 0.15) is 22.9 Å². The number of nitrogens with zero attached hydrogens (tertiary/aromatic N) is 2. The molecule has 1 fully saturated rings. The van der Waals surface area contributed by atoms with E-state index in [0.717, 1.165) is 6.07 Å². The number of aliphatic hydroxyl groups is 1. The summed E-state index contributed by atoms with van der Waals surface area (Å²) in [5.74, 6) is -1.87. The number of non-ortho nitro benzene ring substituents is 1. The lowest BCUT2D eigenvalue weighted by molar-refractivity contribution is -0.384. The number of hydrogen-bond donors (Lipinski definition) is 2. The number of phenolic OH excluding ortho intramolecular Hbond substituents is 1. The molecule has 9 heteroatoms. The molecule has 0 bridgehead atoms. The minimum absolute atomic E-state index is 0.00887. The number of phenols is 1. The van der Waals surface area contributed by atoms with Gasteiger partial charge < -0.3 is 19.5 Å². The highest BCUT2D eigenvalue weighted by atomic mass is 16.6. The van der Waals surface area contributed by atoms with Gasteiger partial charge in [0.05, 0.1) is 29.3 Å². The lowest BCUT2D eigenvalue weighted by Gasteiger charge is -2.24. The Morgan fingerprint density at radius 2 is 1.84 bits per heavy atom. The number of benzene rings is 2. The van der Waals surface area contributed by atoms with Gasteiger partial charge in [-0.2, -0.15) is 0 Å². The largest absolute Gasteiger partial charge is 0.508 e. The lowest BCUT2D eigenvalue weighted by atomic mass is 9.95. The topological polar surface area (TPSA) is 134 Å². The summed E-state index contributed by atoms with van der Waals surface area (Å²) >= 11 is 0. The van der Waals surface area contributed by atoms with Crippen LogP contribution in [-0.2, 0) is 16.1 Å². The zero-order valence-corrected chi connectivity index (χ0v) is 16.0.